The van der Waals surface area contributed by atoms with Gasteiger partial charge in [0.15, 0.2) is 0 Å². The minimum Gasteiger partial charge on any atom is -0.490 e. The lowest BCUT2D eigenvalue weighted by molar-refractivity contribution is 0.0808. The van der Waals surface area contributed by atoms with Gasteiger partial charge in [0.1, 0.15) is 12.4 Å². The van der Waals surface area contributed by atoms with Crippen LogP contribution in [-0.2, 0) is 11.3 Å². The average molecular weight is 381 g/mol. The topological polar surface area (TPSA) is 80.7 Å². The molecule has 0 fully saturated rings. The van der Waals surface area contributed by atoms with Crippen LogP contribution in [0.25, 0.3) is 0 Å². The van der Waals surface area contributed by atoms with Crippen LogP contribution < -0.4 is 10.1 Å². The maximum Gasteiger partial charge on any atom is 0.405 e. The molecule has 0 bridgehead atoms. The molecule has 122 valence electrons. The third-order valence-electron chi connectivity index (χ3n) is 2.89. The largest absolute Gasteiger partial charge is 0.490 e. The molecular weight excluding hydrogens is 364 g/mol. The second kappa shape index (κ2) is 9.12. The SMILES string of the molecule is O=C(O)NC(COCc1ccccc1)COc1cncc(Br)c1. The van der Waals surface area contributed by atoms with E-state index in [1.165, 1.54) is 0 Å². The molecule has 1 heterocycles. The molecule has 0 spiro atoms. The minimum atomic E-state index is -1.12. The summed E-state index contributed by atoms with van der Waals surface area (Å²) in [6.07, 6.45) is 2.09. The van der Waals surface area contributed by atoms with Gasteiger partial charge in [-0.05, 0) is 27.6 Å². The standard InChI is InChI=1S/C16H17BrN2O4/c17-13-6-15(8-18-7-13)23-11-14(19-16(20)21)10-22-9-12-4-2-1-3-5-12/h1-8,14,19H,9-11H2,(H,20,21). The highest BCUT2D eigenvalue weighted by molar-refractivity contribution is 9.10. The lowest BCUT2D eigenvalue weighted by atomic mass is 10.2. The highest BCUT2D eigenvalue weighted by Crippen LogP contribution is 2.16. The van der Waals surface area contributed by atoms with E-state index in [9.17, 15) is 4.79 Å². The van der Waals surface area contributed by atoms with E-state index in [4.69, 9.17) is 14.6 Å². The summed E-state index contributed by atoms with van der Waals surface area (Å²) in [5, 5.41) is 11.3. The number of ether oxygens (including phenoxy) is 2. The third kappa shape index (κ3) is 6.66. The normalized spacial score (nSPS) is 11.7. The molecule has 0 saturated heterocycles. The zero-order chi connectivity index (χ0) is 16.5. The van der Waals surface area contributed by atoms with E-state index in [2.05, 4.69) is 26.2 Å². The van der Waals surface area contributed by atoms with Crippen molar-refractivity contribution in [3.63, 3.8) is 0 Å². The molecule has 1 atom stereocenters. The van der Waals surface area contributed by atoms with Crippen LogP contribution in [0, 0.1) is 0 Å². The van der Waals surface area contributed by atoms with Crippen molar-refractivity contribution >= 4 is 22.0 Å². The second-order valence-electron chi connectivity index (χ2n) is 4.80. The molecule has 0 aliphatic heterocycles. The van der Waals surface area contributed by atoms with Crippen molar-refractivity contribution in [2.24, 2.45) is 0 Å². The predicted molar refractivity (Wildman–Crippen MR) is 88.5 cm³/mol. The summed E-state index contributed by atoms with van der Waals surface area (Å²) in [6, 6.07) is 11.0. The van der Waals surface area contributed by atoms with Gasteiger partial charge < -0.3 is 19.9 Å². The Labute approximate surface area is 142 Å². The lowest BCUT2D eigenvalue weighted by Crippen LogP contribution is -2.41. The number of carboxylic acid groups (broad SMARTS) is 1. The number of nitrogens with zero attached hydrogens (tertiary/aromatic N) is 1. The Bertz CT molecular complexity index is 624. The number of benzene rings is 1. The molecule has 2 aromatic rings. The minimum absolute atomic E-state index is 0.152. The monoisotopic (exact) mass is 380 g/mol. The third-order valence-corrected chi connectivity index (χ3v) is 3.32. The number of pyridine rings is 1. The zero-order valence-electron chi connectivity index (χ0n) is 12.3. The number of halogens is 1. The van der Waals surface area contributed by atoms with Gasteiger partial charge in [-0.25, -0.2) is 4.79 Å². The maximum atomic E-state index is 10.9. The molecule has 2 rings (SSSR count). The van der Waals surface area contributed by atoms with E-state index in [-0.39, 0.29) is 13.2 Å². The van der Waals surface area contributed by atoms with Gasteiger partial charge in [0.05, 0.1) is 25.5 Å². The molecule has 0 radical (unpaired) electrons. The van der Waals surface area contributed by atoms with E-state index in [0.29, 0.717) is 12.4 Å². The molecule has 2 N–H and O–H groups in total. The first-order valence-corrected chi connectivity index (χ1v) is 7.77. The molecule has 0 aliphatic carbocycles. The number of nitrogens with one attached hydrogen (secondary N) is 1. The molecule has 23 heavy (non-hydrogen) atoms. The number of hydrogen-bond donors (Lipinski definition) is 2. The van der Waals surface area contributed by atoms with Crippen molar-refractivity contribution in [1.29, 1.82) is 0 Å². The number of amides is 1. The molecule has 0 aliphatic rings. The van der Waals surface area contributed by atoms with Crippen LogP contribution in [0.1, 0.15) is 5.56 Å². The Morgan fingerprint density at radius 2 is 2.04 bits per heavy atom. The van der Waals surface area contributed by atoms with Crippen LogP contribution in [0.15, 0.2) is 53.3 Å². The number of carbonyl (C=O) groups is 1. The first kappa shape index (κ1) is 17.2. The fourth-order valence-corrected chi connectivity index (χ4v) is 2.21. The quantitative estimate of drug-likeness (QED) is 0.735. The van der Waals surface area contributed by atoms with Crippen LogP contribution in [0.4, 0.5) is 4.79 Å². The van der Waals surface area contributed by atoms with Gasteiger partial charge in [0.25, 0.3) is 0 Å². The lowest BCUT2D eigenvalue weighted by Gasteiger charge is -2.18. The molecule has 6 nitrogen and oxygen atoms in total. The Balaban J connectivity index is 1.82. The zero-order valence-corrected chi connectivity index (χ0v) is 13.9. The average Bonchev–Trinajstić information content (AvgIpc) is 2.53. The summed E-state index contributed by atoms with van der Waals surface area (Å²) in [5.74, 6) is 0.555. The van der Waals surface area contributed by atoms with Gasteiger partial charge in [-0.3, -0.25) is 4.98 Å². The smallest absolute Gasteiger partial charge is 0.405 e. The fraction of sp³-hybridized carbons (Fsp3) is 0.250. The molecule has 0 saturated carbocycles. The van der Waals surface area contributed by atoms with Crippen LogP contribution in [0.5, 0.6) is 5.75 Å². The summed E-state index contributed by atoms with van der Waals surface area (Å²) < 4.78 is 11.9. The predicted octanol–water partition coefficient (Wildman–Crippen LogP) is 3.08. The van der Waals surface area contributed by atoms with Gasteiger partial charge in [-0.1, -0.05) is 30.3 Å². The van der Waals surface area contributed by atoms with Crippen molar-refractivity contribution in [2.75, 3.05) is 13.2 Å². The highest BCUT2D eigenvalue weighted by atomic mass is 79.9. The number of aromatic nitrogens is 1. The van der Waals surface area contributed by atoms with Gasteiger partial charge in [0, 0.05) is 10.7 Å². The Hall–Kier alpha value is -2.12. The van der Waals surface area contributed by atoms with Crippen LogP contribution >= 0.6 is 15.9 Å². The van der Waals surface area contributed by atoms with E-state index in [1.807, 2.05) is 30.3 Å². The van der Waals surface area contributed by atoms with Crippen LogP contribution in [0.3, 0.4) is 0 Å². The molecule has 1 unspecified atom stereocenters. The summed E-state index contributed by atoms with van der Waals surface area (Å²) in [4.78, 5) is 14.9. The molecule has 1 aromatic carbocycles. The van der Waals surface area contributed by atoms with E-state index in [0.717, 1.165) is 10.0 Å². The van der Waals surface area contributed by atoms with Crippen molar-refractivity contribution < 1.29 is 19.4 Å². The first-order valence-electron chi connectivity index (χ1n) is 6.98. The Morgan fingerprint density at radius 1 is 1.26 bits per heavy atom. The first-order chi connectivity index (χ1) is 11.1. The van der Waals surface area contributed by atoms with Crippen LogP contribution in [0.2, 0.25) is 0 Å². The van der Waals surface area contributed by atoms with Gasteiger partial charge in [-0.15, -0.1) is 0 Å². The van der Waals surface area contributed by atoms with Crippen molar-refractivity contribution in [1.82, 2.24) is 10.3 Å². The van der Waals surface area contributed by atoms with Crippen molar-refractivity contribution in [3.8, 4) is 5.75 Å². The molecule has 1 aromatic heterocycles. The Morgan fingerprint density at radius 3 is 2.74 bits per heavy atom. The van der Waals surface area contributed by atoms with E-state index in [1.54, 1.807) is 18.5 Å². The Kier molecular flexibility index (Phi) is 6.83. The maximum absolute atomic E-state index is 10.9. The summed E-state index contributed by atoms with van der Waals surface area (Å²) in [6.45, 7) is 0.777. The van der Waals surface area contributed by atoms with E-state index < -0.39 is 12.1 Å². The second-order valence-corrected chi connectivity index (χ2v) is 5.71. The number of hydrogen-bond acceptors (Lipinski definition) is 4. The van der Waals surface area contributed by atoms with Crippen molar-refractivity contribution in [2.45, 2.75) is 12.6 Å². The summed E-state index contributed by atoms with van der Waals surface area (Å²) in [7, 11) is 0. The fourth-order valence-electron chi connectivity index (χ4n) is 1.87. The van der Waals surface area contributed by atoms with Gasteiger partial charge >= 0.3 is 6.09 Å². The summed E-state index contributed by atoms with van der Waals surface area (Å²) in [5.41, 5.74) is 1.03. The van der Waals surface area contributed by atoms with Crippen molar-refractivity contribution in [3.05, 3.63) is 58.8 Å². The van der Waals surface area contributed by atoms with E-state index >= 15 is 0 Å². The molecule has 1 amide bonds. The molecular formula is C16H17BrN2O4. The van der Waals surface area contributed by atoms with Crippen LogP contribution in [-0.4, -0.2) is 35.4 Å². The summed E-state index contributed by atoms with van der Waals surface area (Å²) >= 11 is 3.30. The highest BCUT2D eigenvalue weighted by Gasteiger charge is 2.13. The number of rotatable bonds is 8. The van der Waals surface area contributed by atoms with Gasteiger partial charge in [-0.2, -0.15) is 0 Å². The molecule has 7 heteroatoms. The van der Waals surface area contributed by atoms with Gasteiger partial charge in [0.2, 0.25) is 0 Å².